The Morgan fingerprint density at radius 1 is 1.23 bits per heavy atom. The van der Waals surface area contributed by atoms with Crippen LogP contribution >= 0.6 is 0 Å². The zero-order valence-electron chi connectivity index (χ0n) is 12.3. The third kappa shape index (κ3) is 4.41. The predicted octanol–water partition coefficient (Wildman–Crippen LogP) is 3.11. The van der Waals surface area contributed by atoms with Gasteiger partial charge < -0.3 is 5.11 Å². The van der Waals surface area contributed by atoms with E-state index >= 15 is 0 Å². The number of benzene rings is 2. The average molecular weight is 297 g/mol. The molecule has 0 N–H and O–H groups in total. The molecule has 0 aromatic heterocycles. The number of non-ortho nitro benzene ring substituents is 1. The molecule has 0 spiro atoms. The zero-order valence-corrected chi connectivity index (χ0v) is 12.3. The van der Waals surface area contributed by atoms with Crippen molar-refractivity contribution in [3.63, 3.8) is 0 Å². The number of nitrogens with zero attached hydrogens (tertiary/aromatic N) is 2. The lowest BCUT2D eigenvalue weighted by atomic mass is 10.1. The number of rotatable bonds is 6. The first-order valence-electron chi connectivity index (χ1n) is 7.09. The lowest BCUT2D eigenvalue weighted by Gasteiger charge is -2.10. The standard InChI is InChI=1S/C17H18N2O3/c1-13(7-8-14-5-3-2-4-6-14)18-12-15-11-16(19(21)22)9-10-17(15)20/h2-6,9-13,20H,7-8H2,1H3/p-1/t13-/m0/s1. The van der Waals surface area contributed by atoms with Crippen molar-refractivity contribution in [1.82, 2.24) is 0 Å². The summed E-state index contributed by atoms with van der Waals surface area (Å²) in [6.45, 7) is 1.96. The summed E-state index contributed by atoms with van der Waals surface area (Å²) >= 11 is 0. The molecule has 0 radical (unpaired) electrons. The van der Waals surface area contributed by atoms with Crippen molar-refractivity contribution >= 4 is 11.9 Å². The van der Waals surface area contributed by atoms with Crippen molar-refractivity contribution in [1.29, 1.82) is 0 Å². The average Bonchev–Trinajstić information content (AvgIpc) is 2.53. The van der Waals surface area contributed by atoms with Crippen LogP contribution in [-0.2, 0) is 6.42 Å². The van der Waals surface area contributed by atoms with Crippen LogP contribution in [0.1, 0.15) is 24.5 Å². The maximum Gasteiger partial charge on any atom is 0.270 e. The van der Waals surface area contributed by atoms with Crippen molar-refractivity contribution < 1.29 is 10.0 Å². The Morgan fingerprint density at radius 3 is 2.64 bits per heavy atom. The smallest absolute Gasteiger partial charge is 0.270 e. The van der Waals surface area contributed by atoms with Crippen LogP contribution in [0.3, 0.4) is 0 Å². The largest absolute Gasteiger partial charge is 0.872 e. The Hall–Kier alpha value is -2.69. The number of hydrogen-bond acceptors (Lipinski definition) is 4. The summed E-state index contributed by atoms with van der Waals surface area (Å²) < 4.78 is 0. The quantitative estimate of drug-likeness (QED) is 0.467. The van der Waals surface area contributed by atoms with Crippen LogP contribution < -0.4 is 5.11 Å². The molecule has 0 aliphatic rings. The molecule has 0 saturated carbocycles. The van der Waals surface area contributed by atoms with E-state index < -0.39 is 4.92 Å². The van der Waals surface area contributed by atoms with Gasteiger partial charge in [-0.3, -0.25) is 15.1 Å². The highest BCUT2D eigenvalue weighted by molar-refractivity contribution is 5.84. The van der Waals surface area contributed by atoms with Gasteiger partial charge >= 0.3 is 0 Å². The fourth-order valence-corrected chi connectivity index (χ4v) is 2.05. The minimum Gasteiger partial charge on any atom is -0.872 e. The molecule has 114 valence electrons. The van der Waals surface area contributed by atoms with E-state index in [-0.39, 0.29) is 23.0 Å². The Bertz CT molecular complexity index is 669. The normalized spacial score (nSPS) is 12.4. The van der Waals surface area contributed by atoms with E-state index in [1.807, 2.05) is 25.1 Å². The molecule has 5 heteroatoms. The third-order valence-corrected chi connectivity index (χ3v) is 3.37. The van der Waals surface area contributed by atoms with E-state index in [9.17, 15) is 15.2 Å². The molecular weight excluding hydrogens is 280 g/mol. The van der Waals surface area contributed by atoms with Crippen molar-refractivity contribution in [2.24, 2.45) is 4.99 Å². The number of nitro groups is 1. The van der Waals surface area contributed by atoms with Crippen LogP contribution in [0.15, 0.2) is 53.5 Å². The third-order valence-electron chi connectivity index (χ3n) is 3.37. The lowest BCUT2D eigenvalue weighted by Crippen LogP contribution is -2.03. The summed E-state index contributed by atoms with van der Waals surface area (Å²) in [6, 6.07) is 13.8. The first-order valence-corrected chi connectivity index (χ1v) is 7.09. The monoisotopic (exact) mass is 297 g/mol. The van der Waals surface area contributed by atoms with Gasteiger partial charge in [0, 0.05) is 24.4 Å². The van der Waals surface area contributed by atoms with E-state index in [2.05, 4.69) is 17.1 Å². The Balaban J connectivity index is 1.99. The predicted molar refractivity (Wildman–Crippen MR) is 84.4 cm³/mol. The molecule has 0 bridgehead atoms. The van der Waals surface area contributed by atoms with Crippen LogP contribution in [-0.4, -0.2) is 17.2 Å². The summed E-state index contributed by atoms with van der Waals surface area (Å²) in [5.74, 6) is -0.260. The molecule has 5 nitrogen and oxygen atoms in total. The fraction of sp³-hybridized carbons (Fsp3) is 0.235. The molecule has 0 heterocycles. The van der Waals surface area contributed by atoms with Crippen LogP contribution in [0.2, 0.25) is 0 Å². The van der Waals surface area contributed by atoms with Crippen LogP contribution in [0.25, 0.3) is 0 Å². The highest BCUT2D eigenvalue weighted by Gasteiger charge is 2.06. The first kappa shape index (κ1) is 15.7. The molecule has 1 atom stereocenters. The van der Waals surface area contributed by atoms with Gasteiger partial charge in [0.1, 0.15) is 0 Å². The van der Waals surface area contributed by atoms with Crippen LogP contribution in [0.5, 0.6) is 5.75 Å². The van der Waals surface area contributed by atoms with Crippen molar-refractivity contribution in [3.8, 4) is 5.75 Å². The van der Waals surface area contributed by atoms with Gasteiger partial charge in [-0.25, -0.2) is 0 Å². The molecule has 2 rings (SSSR count). The molecule has 0 amide bonds. The molecule has 0 aliphatic carbocycles. The van der Waals surface area contributed by atoms with Gasteiger partial charge in [-0.05, 0) is 30.9 Å². The second kappa shape index (κ2) is 7.36. The second-order valence-electron chi connectivity index (χ2n) is 5.13. The van der Waals surface area contributed by atoms with Gasteiger partial charge in [-0.1, -0.05) is 42.1 Å². The maximum absolute atomic E-state index is 11.7. The first-order chi connectivity index (χ1) is 10.6. The number of aryl methyl sites for hydroxylation is 1. The molecule has 2 aromatic carbocycles. The summed E-state index contributed by atoms with van der Waals surface area (Å²) in [7, 11) is 0. The van der Waals surface area contributed by atoms with Crippen molar-refractivity contribution in [2.45, 2.75) is 25.8 Å². The molecule has 0 unspecified atom stereocenters. The van der Waals surface area contributed by atoms with Gasteiger partial charge in [0.2, 0.25) is 0 Å². The van der Waals surface area contributed by atoms with Gasteiger partial charge in [0.15, 0.2) is 0 Å². The minimum atomic E-state index is -0.518. The fourth-order valence-electron chi connectivity index (χ4n) is 2.05. The summed E-state index contributed by atoms with van der Waals surface area (Å²) in [4.78, 5) is 14.5. The topological polar surface area (TPSA) is 78.6 Å². The zero-order chi connectivity index (χ0) is 15.9. The Morgan fingerprint density at radius 2 is 1.95 bits per heavy atom. The number of nitro benzene ring substituents is 1. The van der Waals surface area contributed by atoms with Crippen LogP contribution in [0, 0.1) is 10.1 Å². The SMILES string of the molecule is C[C@@H](CCc1ccccc1)N=Cc1cc([N+](=O)[O-])ccc1[O-]. The molecule has 0 aliphatic heterocycles. The second-order valence-corrected chi connectivity index (χ2v) is 5.13. The number of aliphatic imine (C=N–C) groups is 1. The highest BCUT2D eigenvalue weighted by Crippen LogP contribution is 2.19. The number of hydrogen-bond donors (Lipinski definition) is 0. The van der Waals surface area contributed by atoms with E-state index in [0.29, 0.717) is 0 Å². The molecule has 22 heavy (non-hydrogen) atoms. The summed E-state index contributed by atoms with van der Waals surface area (Å²) in [5, 5.41) is 22.4. The van der Waals surface area contributed by atoms with Crippen molar-refractivity contribution in [3.05, 3.63) is 69.8 Å². The van der Waals surface area contributed by atoms with Gasteiger partial charge in [0.05, 0.1) is 4.92 Å². The molecule has 0 saturated heterocycles. The van der Waals surface area contributed by atoms with Gasteiger partial charge in [-0.15, -0.1) is 0 Å². The highest BCUT2D eigenvalue weighted by atomic mass is 16.6. The Labute approximate surface area is 129 Å². The molecular formula is C17H17N2O3-. The van der Waals surface area contributed by atoms with Crippen LogP contribution in [0.4, 0.5) is 5.69 Å². The van der Waals surface area contributed by atoms with Gasteiger partial charge in [-0.2, -0.15) is 0 Å². The van der Waals surface area contributed by atoms with E-state index in [0.717, 1.165) is 12.8 Å². The maximum atomic E-state index is 11.7. The molecule has 2 aromatic rings. The van der Waals surface area contributed by atoms with Gasteiger partial charge in [0.25, 0.3) is 5.69 Å². The van der Waals surface area contributed by atoms with E-state index in [1.54, 1.807) is 0 Å². The van der Waals surface area contributed by atoms with E-state index in [4.69, 9.17) is 0 Å². The van der Waals surface area contributed by atoms with E-state index in [1.165, 1.54) is 30.0 Å². The summed E-state index contributed by atoms with van der Waals surface area (Å²) in [6.07, 6.45) is 3.19. The molecule has 0 fully saturated rings. The van der Waals surface area contributed by atoms with Crippen molar-refractivity contribution in [2.75, 3.05) is 0 Å². The minimum absolute atomic E-state index is 0.0406. The Kier molecular flexibility index (Phi) is 5.25. The summed E-state index contributed by atoms with van der Waals surface area (Å²) in [5.41, 5.74) is 1.39. The lowest BCUT2D eigenvalue weighted by molar-refractivity contribution is -0.385.